The third-order valence-electron chi connectivity index (χ3n) is 2.91. The molecule has 0 saturated carbocycles. The average molecular weight is 287 g/mol. The van der Waals surface area contributed by atoms with Gasteiger partial charge >= 0.3 is 12.6 Å². The molecule has 0 spiro atoms. The van der Waals surface area contributed by atoms with Gasteiger partial charge in [0, 0.05) is 6.04 Å². The Morgan fingerprint density at radius 1 is 1.45 bits per heavy atom. The zero-order chi connectivity index (χ0) is 15.1. The van der Waals surface area contributed by atoms with Crippen molar-refractivity contribution in [3.05, 3.63) is 29.8 Å². The Bertz CT molecular complexity index is 440. The minimum Gasteiger partial charge on any atom is -0.480 e. The standard InChI is InChI=1S/C14H19F2NO3/c1-3-5-12(13(18)19)17-9(2)10-6-4-7-11(8-10)20-14(15)16/h4,6-9,12,14,17H,3,5H2,1-2H3,(H,18,19). The van der Waals surface area contributed by atoms with Crippen LogP contribution in [0.2, 0.25) is 0 Å². The van der Waals surface area contributed by atoms with E-state index in [4.69, 9.17) is 5.11 Å². The van der Waals surface area contributed by atoms with Crippen LogP contribution in [0.25, 0.3) is 0 Å². The summed E-state index contributed by atoms with van der Waals surface area (Å²) >= 11 is 0. The fourth-order valence-electron chi connectivity index (χ4n) is 1.92. The van der Waals surface area contributed by atoms with Crippen LogP contribution in [-0.2, 0) is 4.79 Å². The molecular formula is C14H19F2NO3. The molecule has 0 aliphatic rings. The molecule has 0 aromatic heterocycles. The fraction of sp³-hybridized carbons (Fsp3) is 0.500. The number of carboxylic acid groups (broad SMARTS) is 1. The summed E-state index contributed by atoms with van der Waals surface area (Å²) < 4.78 is 28.6. The highest BCUT2D eigenvalue weighted by molar-refractivity contribution is 5.73. The van der Waals surface area contributed by atoms with Crippen LogP contribution in [0.1, 0.15) is 38.3 Å². The molecule has 0 bridgehead atoms. The SMILES string of the molecule is CCCC(NC(C)c1cccc(OC(F)F)c1)C(=O)O. The maximum Gasteiger partial charge on any atom is 0.387 e. The zero-order valence-electron chi connectivity index (χ0n) is 11.5. The number of benzene rings is 1. The van der Waals surface area contributed by atoms with Gasteiger partial charge in [-0.15, -0.1) is 0 Å². The van der Waals surface area contributed by atoms with E-state index >= 15 is 0 Å². The van der Waals surface area contributed by atoms with Gasteiger partial charge in [0.25, 0.3) is 0 Å². The number of hydrogen-bond acceptors (Lipinski definition) is 3. The Balaban J connectivity index is 2.75. The Kier molecular flexibility index (Phi) is 6.38. The second kappa shape index (κ2) is 7.79. The summed E-state index contributed by atoms with van der Waals surface area (Å²) in [5.74, 6) is -0.854. The molecule has 0 amide bonds. The summed E-state index contributed by atoms with van der Waals surface area (Å²) in [6.07, 6.45) is 1.25. The highest BCUT2D eigenvalue weighted by Crippen LogP contribution is 2.21. The average Bonchev–Trinajstić information content (AvgIpc) is 2.37. The van der Waals surface area contributed by atoms with Crippen LogP contribution in [0.5, 0.6) is 5.75 Å². The lowest BCUT2D eigenvalue weighted by Crippen LogP contribution is -2.38. The van der Waals surface area contributed by atoms with Crippen LogP contribution in [0.4, 0.5) is 8.78 Å². The van der Waals surface area contributed by atoms with Crippen LogP contribution in [-0.4, -0.2) is 23.7 Å². The molecule has 0 aliphatic carbocycles. The number of alkyl halides is 2. The van der Waals surface area contributed by atoms with E-state index < -0.39 is 18.6 Å². The highest BCUT2D eigenvalue weighted by atomic mass is 19.3. The van der Waals surface area contributed by atoms with Crippen LogP contribution in [0.3, 0.4) is 0 Å². The van der Waals surface area contributed by atoms with Crippen molar-refractivity contribution in [1.29, 1.82) is 0 Å². The smallest absolute Gasteiger partial charge is 0.387 e. The Labute approximate surface area is 116 Å². The van der Waals surface area contributed by atoms with E-state index in [1.165, 1.54) is 12.1 Å². The first kappa shape index (κ1) is 16.4. The summed E-state index contributed by atoms with van der Waals surface area (Å²) in [5, 5.41) is 12.1. The van der Waals surface area contributed by atoms with Crippen molar-refractivity contribution < 1.29 is 23.4 Å². The third-order valence-corrected chi connectivity index (χ3v) is 2.91. The quantitative estimate of drug-likeness (QED) is 0.771. The molecular weight excluding hydrogens is 268 g/mol. The zero-order valence-corrected chi connectivity index (χ0v) is 11.5. The summed E-state index contributed by atoms with van der Waals surface area (Å²) in [7, 11) is 0. The number of aliphatic carboxylic acids is 1. The molecule has 1 rings (SSSR count). The molecule has 0 fully saturated rings. The number of carboxylic acids is 1. The molecule has 112 valence electrons. The normalized spacial score (nSPS) is 14.1. The maximum absolute atomic E-state index is 12.2. The van der Waals surface area contributed by atoms with Gasteiger partial charge in [-0.25, -0.2) is 0 Å². The van der Waals surface area contributed by atoms with Crippen molar-refractivity contribution in [1.82, 2.24) is 5.32 Å². The van der Waals surface area contributed by atoms with E-state index in [0.717, 1.165) is 6.42 Å². The largest absolute Gasteiger partial charge is 0.480 e. The molecule has 2 unspecified atom stereocenters. The van der Waals surface area contributed by atoms with Gasteiger partial charge in [0.2, 0.25) is 0 Å². The molecule has 1 aromatic rings. The van der Waals surface area contributed by atoms with Gasteiger partial charge < -0.3 is 9.84 Å². The number of halogens is 2. The Hall–Kier alpha value is -1.69. The maximum atomic E-state index is 12.2. The molecule has 20 heavy (non-hydrogen) atoms. The minimum atomic E-state index is -2.87. The van der Waals surface area contributed by atoms with Gasteiger partial charge in [0.15, 0.2) is 0 Å². The Morgan fingerprint density at radius 2 is 2.15 bits per heavy atom. The first-order valence-corrected chi connectivity index (χ1v) is 6.47. The van der Waals surface area contributed by atoms with Crippen molar-refractivity contribution in [3.63, 3.8) is 0 Å². The summed E-state index contributed by atoms with van der Waals surface area (Å²) in [5.41, 5.74) is 0.700. The van der Waals surface area contributed by atoms with Gasteiger partial charge in [-0.3, -0.25) is 10.1 Å². The van der Waals surface area contributed by atoms with E-state index in [0.29, 0.717) is 12.0 Å². The second-order valence-corrected chi connectivity index (χ2v) is 4.52. The molecule has 4 nitrogen and oxygen atoms in total. The number of ether oxygens (including phenoxy) is 1. The van der Waals surface area contributed by atoms with Gasteiger partial charge in [0.1, 0.15) is 11.8 Å². The Morgan fingerprint density at radius 3 is 2.70 bits per heavy atom. The van der Waals surface area contributed by atoms with E-state index in [-0.39, 0.29) is 11.8 Å². The lowest BCUT2D eigenvalue weighted by molar-refractivity contribution is -0.139. The van der Waals surface area contributed by atoms with Gasteiger partial charge in [0.05, 0.1) is 0 Å². The van der Waals surface area contributed by atoms with Crippen molar-refractivity contribution in [2.45, 2.75) is 45.4 Å². The van der Waals surface area contributed by atoms with Crippen molar-refractivity contribution in [2.24, 2.45) is 0 Å². The van der Waals surface area contributed by atoms with Crippen LogP contribution in [0, 0.1) is 0 Å². The van der Waals surface area contributed by atoms with Crippen LogP contribution < -0.4 is 10.1 Å². The van der Waals surface area contributed by atoms with Gasteiger partial charge in [-0.1, -0.05) is 25.5 Å². The predicted molar refractivity (Wildman–Crippen MR) is 71.0 cm³/mol. The van der Waals surface area contributed by atoms with Crippen molar-refractivity contribution in [3.8, 4) is 5.75 Å². The van der Waals surface area contributed by atoms with Crippen LogP contribution in [0.15, 0.2) is 24.3 Å². The molecule has 0 radical (unpaired) electrons. The molecule has 2 atom stereocenters. The van der Waals surface area contributed by atoms with Crippen LogP contribution >= 0.6 is 0 Å². The van der Waals surface area contributed by atoms with Gasteiger partial charge in [-0.2, -0.15) is 8.78 Å². The topological polar surface area (TPSA) is 58.6 Å². The molecule has 0 heterocycles. The lowest BCUT2D eigenvalue weighted by Gasteiger charge is -2.20. The fourth-order valence-corrected chi connectivity index (χ4v) is 1.92. The lowest BCUT2D eigenvalue weighted by atomic mass is 10.1. The molecule has 0 saturated heterocycles. The number of carbonyl (C=O) groups is 1. The third kappa shape index (κ3) is 5.13. The van der Waals surface area contributed by atoms with E-state index in [1.54, 1.807) is 19.1 Å². The van der Waals surface area contributed by atoms with Gasteiger partial charge in [-0.05, 0) is 31.0 Å². The monoisotopic (exact) mass is 287 g/mol. The molecule has 2 N–H and O–H groups in total. The number of rotatable bonds is 8. The second-order valence-electron chi connectivity index (χ2n) is 4.52. The number of hydrogen-bond donors (Lipinski definition) is 2. The molecule has 1 aromatic carbocycles. The minimum absolute atomic E-state index is 0.0634. The summed E-state index contributed by atoms with van der Waals surface area (Å²) in [4.78, 5) is 11.1. The van der Waals surface area contributed by atoms with E-state index in [9.17, 15) is 13.6 Å². The summed E-state index contributed by atoms with van der Waals surface area (Å²) in [6.45, 7) is 0.812. The predicted octanol–water partition coefficient (Wildman–Crippen LogP) is 3.19. The van der Waals surface area contributed by atoms with E-state index in [2.05, 4.69) is 10.1 Å². The molecule has 6 heteroatoms. The highest BCUT2D eigenvalue weighted by Gasteiger charge is 2.19. The first-order valence-electron chi connectivity index (χ1n) is 6.47. The number of nitrogens with one attached hydrogen (secondary N) is 1. The van der Waals surface area contributed by atoms with Crippen molar-refractivity contribution >= 4 is 5.97 Å². The van der Waals surface area contributed by atoms with Crippen molar-refractivity contribution in [2.75, 3.05) is 0 Å². The van der Waals surface area contributed by atoms with E-state index in [1.807, 2.05) is 6.92 Å². The molecule has 0 aliphatic heterocycles. The summed E-state index contributed by atoms with van der Waals surface area (Å²) in [6, 6.07) is 5.32. The first-order chi connectivity index (χ1) is 9.43.